The normalized spacial score (nSPS) is 17.5. The van der Waals surface area contributed by atoms with Gasteiger partial charge in [-0.2, -0.15) is 0 Å². The highest BCUT2D eigenvalue weighted by atomic mass is 19.1. The van der Waals surface area contributed by atoms with Crippen LogP contribution in [0, 0.1) is 12.7 Å². The second kappa shape index (κ2) is 9.67. The molecular weight excluding hydrogens is 307 g/mol. The number of fused-ring (bicyclic) bond motifs is 1. The Morgan fingerprint density at radius 1 is 1.25 bits per heavy atom. The Morgan fingerprint density at radius 2 is 1.92 bits per heavy atom. The van der Waals surface area contributed by atoms with Gasteiger partial charge in [-0.15, -0.1) is 0 Å². The molecule has 0 heterocycles. The summed E-state index contributed by atoms with van der Waals surface area (Å²) in [6, 6.07) is 12.2. The molecule has 4 N–H and O–H groups in total. The lowest BCUT2D eigenvalue weighted by Crippen LogP contribution is -2.27. The van der Waals surface area contributed by atoms with E-state index in [1.807, 2.05) is 45.0 Å². The largest absolute Gasteiger partial charge is 0.396 e. The summed E-state index contributed by atoms with van der Waals surface area (Å²) in [5.41, 5.74) is 8.59. The molecule has 0 fully saturated rings. The molecule has 1 aliphatic carbocycles. The third-order valence-electron chi connectivity index (χ3n) is 3.60. The number of halogens is 1. The second-order valence-corrected chi connectivity index (χ2v) is 5.26. The quantitative estimate of drug-likeness (QED) is 0.584. The molecule has 1 aliphatic rings. The summed E-state index contributed by atoms with van der Waals surface area (Å²) in [5, 5.41) is 12.2. The fourth-order valence-electron chi connectivity index (χ4n) is 2.51. The zero-order valence-electron chi connectivity index (χ0n) is 14.3. The molecule has 4 nitrogen and oxygen atoms in total. The monoisotopic (exact) mass is 332 g/mol. The van der Waals surface area contributed by atoms with Crippen molar-refractivity contribution in [3.8, 4) is 0 Å². The zero-order chi connectivity index (χ0) is 18.1. The molecule has 3 rings (SSSR count). The van der Waals surface area contributed by atoms with Crippen LogP contribution in [0.1, 0.15) is 36.6 Å². The van der Waals surface area contributed by atoms with Gasteiger partial charge < -0.3 is 16.2 Å². The molecule has 0 saturated heterocycles. The SMILES string of the molecule is CC.Cc1ccc(F)c(N)c1.O=CNC1c2ccccc2CC1O. The Kier molecular flexibility index (Phi) is 7.92. The number of anilines is 1. The Balaban J connectivity index is 0.000000230. The van der Waals surface area contributed by atoms with Crippen LogP contribution in [0.25, 0.3) is 0 Å². The van der Waals surface area contributed by atoms with Crippen LogP contribution in [0.5, 0.6) is 0 Å². The van der Waals surface area contributed by atoms with Crippen LogP contribution in [-0.2, 0) is 11.2 Å². The van der Waals surface area contributed by atoms with Gasteiger partial charge in [0.05, 0.1) is 17.8 Å². The summed E-state index contributed by atoms with van der Waals surface area (Å²) in [4.78, 5) is 10.3. The van der Waals surface area contributed by atoms with Crippen molar-refractivity contribution in [2.45, 2.75) is 39.3 Å². The lowest BCUT2D eigenvalue weighted by molar-refractivity contribution is -0.110. The minimum absolute atomic E-state index is 0.218. The highest BCUT2D eigenvalue weighted by Gasteiger charge is 2.29. The fraction of sp³-hybridized carbons (Fsp3) is 0.316. The van der Waals surface area contributed by atoms with Crippen LogP contribution in [0.3, 0.4) is 0 Å². The molecular formula is C19H25FN2O2. The van der Waals surface area contributed by atoms with E-state index < -0.39 is 6.10 Å². The average Bonchev–Trinajstić information content (AvgIpc) is 2.90. The summed E-state index contributed by atoms with van der Waals surface area (Å²) in [7, 11) is 0. The number of benzene rings is 2. The maximum atomic E-state index is 12.4. The van der Waals surface area contributed by atoms with Crippen molar-refractivity contribution in [1.82, 2.24) is 5.32 Å². The molecule has 2 aromatic carbocycles. The molecule has 0 saturated carbocycles. The minimum Gasteiger partial charge on any atom is -0.396 e. The van der Waals surface area contributed by atoms with Crippen LogP contribution < -0.4 is 11.1 Å². The fourth-order valence-corrected chi connectivity index (χ4v) is 2.51. The smallest absolute Gasteiger partial charge is 0.207 e. The predicted octanol–water partition coefficient (Wildman–Crippen LogP) is 3.13. The first-order valence-electron chi connectivity index (χ1n) is 8.00. The van der Waals surface area contributed by atoms with E-state index in [4.69, 9.17) is 5.73 Å². The van der Waals surface area contributed by atoms with Crippen LogP contribution in [0.15, 0.2) is 42.5 Å². The van der Waals surface area contributed by atoms with E-state index in [1.165, 1.54) is 6.07 Å². The number of rotatable bonds is 2. The molecule has 0 aromatic heterocycles. The highest BCUT2D eigenvalue weighted by molar-refractivity contribution is 5.50. The van der Waals surface area contributed by atoms with Crippen molar-refractivity contribution in [2.75, 3.05) is 5.73 Å². The summed E-state index contributed by atoms with van der Waals surface area (Å²) in [5.74, 6) is -0.347. The van der Waals surface area contributed by atoms with Crippen molar-refractivity contribution in [3.05, 3.63) is 65.0 Å². The van der Waals surface area contributed by atoms with E-state index in [9.17, 15) is 14.3 Å². The topological polar surface area (TPSA) is 75.4 Å². The molecule has 24 heavy (non-hydrogen) atoms. The molecule has 0 radical (unpaired) electrons. The average molecular weight is 332 g/mol. The number of carbonyl (C=O) groups is 1. The van der Waals surface area contributed by atoms with Crippen LogP contribution in [0.2, 0.25) is 0 Å². The van der Waals surface area contributed by atoms with E-state index in [1.54, 1.807) is 12.1 Å². The third-order valence-corrected chi connectivity index (χ3v) is 3.60. The molecule has 0 spiro atoms. The molecule has 2 aromatic rings. The molecule has 2 atom stereocenters. The van der Waals surface area contributed by atoms with Crippen LogP contribution in [0.4, 0.5) is 10.1 Å². The standard InChI is InChI=1S/C10H11NO2.C7H8FN.C2H6/c12-6-11-10-8-4-2-1-3-7(8)5-9(10)13;1-5-2-3-6(8)7(9)4-5;1-2/h1-4,6,9-10,13H,5H2,(H,11,12);2-4H,9H2,1H3;1-2H3. The van der Waals surface area contributed by atoms with Gasteiger partial charge in [-0.1, -0.05) is 44.2 Å². The number of nitrogens with two attached hydrogens (primary N) is 1. The van der Waals surface area contributed by atoms with Gasteiger partial charge in [0.15, 0.2) is 0 Å². The van der Waals surface area contributed by atoms with Crippen molar-refractivity contribution < 1.29 is 14.3 Å². The number of aliphatic hydroxyl groups is 1. The van der Waals surface area contributed by atoms with Gasteiger partial charge >= 0.3 is 0 Å². The van der Waals surface area contributed by atoms with Crippen LogP contribution >= 0.6 is 0 Å². The summed E-state index contributed by atoms with van der Waals surface area (Å²) in [6.07, 6.45) is 0.778. The maximum Gasteiger partial charge on any atom is 0.207 e. The maximum absolute atomic E-state index is 12.4. The first-order chi connectivity index (χ1) is 11.5. The van der Waals surface area contributed by atoms with Crippen molar-refractivity contribution >= 4 is 12.1 Å². The lowest BCUT2D eigenvalue weighted by Gasteiger charge is -2.13. The number of aliphatic hydroxyl groups excluding tert-OH is 1. The van der Waals surface area contributed by atoms with Crippen molar-refractivity contribution in [2.24, 2.45) is 0 Å². The number of nitrogen functional groups attached to an aromatic ring is 1. The second-order valence-electron chi connectivity index (χ2n) is 5.26. The number of carbonyl (C=O) groups excluding carboxylic acids is 1. The van der Waals surface area contributed by atoms with E-state index in [0.717, 1.165) is 16.7 Å². The third kappa shape index (κ3) is 5.06. The van der Waals surface area contributed by atoms with Crippen LogP contribution in [-0.4, -0.2) is 17.6 Å². The van der Waals surface area contributed by atoms with Gasteiger partial charge in [-0.25, -0.2) is 4.39 Å². The van der Waals surface area contributed by atoms with E-state index in [0.29, 0.717) is 12.8 Å². The minimum atomic E-state index is -0.484. The molecule has 0 bridgehead atoms. The van der Waals surface area contributed by atoms with E-state index in [-0.39, 0.29) is 17.5 Å². The van der Waals surface area contributed by atoms with Gasteiger partial charge in [0, 0.05) is 6.42 Å². The van der Waals surface area contributed by atoms with Crippen molar-refractivity contribution in [1.29, 1.82) is 0 Å². The molecule has 5 heteroatoms. The summed E-state index contributed by atoms with van der Waals surface area (Å²) >= 11 is 0. The summed E-state index contributed by atoms with van der Waals surface area (Å²) < 4.78 is 12.4. The molecule has 2 unspecified atom stereocenters. The predicted molar refractivity (Wildman–Crippen MR) is 95.0 cm³/mol. The first kappa shape index (κ1) is 19.6. The number of amides is 1. The molecule has 0 aliphatic heterocycles. The lowest BCUT2D eigenvalue weighted by atomic mass is 10.1. The Labute approximate surface area is 142 Å². The van der Waals surface area contributed by atoms with Crippen molar-refractivity contribution in [3.63, 3.8) is 0 Å². The number of hydrogen-bond donors (Lipinski definition) is 3. The number of aryl methyl sites for hydroxylation is 1. The first-order valence-corrected chi connectivity index (χ1v) is 8.00. The van der Waals surface area contributed by atoms with Gasteiger partial charge in [0.2, 0.25) is 6.41 Å². The van der Waals surface area contributed by atoms with Gasteiger partial charge in [0.25, 0.3) is 0 Å². The molecule has 130 valence electrons. The number of hydrogen-bond acceptors (Lipinski definition) is 3. The van der Waals surface area contributed by atoms with Gasteiger partial charge in [-0.3, -0.25) is 4.79 Å². The summed E-state index contributed by atoms with van der Waals surface area (Å²) in [6.45, 7) is 5.87. The Bertz CT molecular complexity index is 662. The number of nitrogens with one attached hydrogen (secondary N) is 1. The van der Waals surface area contributed by atoms with Gasteiger partial charge in [-0.05, 0) is 35.7 Å². The molecule has 1 amide bonds. The Hall–Kier alpha value is -2.40. The van der Waals surface area contributed by atoms with E-state index in [2.05, 4.69) is 5.32 Å². The van der Waals surface area contributed by atoms with E-state index >= 15 is 0 Å². The Morgan fingerprint density at radius 3 is 2.50 bits per heavy atom. The zero-order valence-corrected chi connectivity index (χ0v) is 14.3. The van der Waals surface area contributed by atoms with Gasteiger partial charge in [0.1, 0.15) is 5.82 Å². The highest BCUT2D eigenvalue weighted by Crippen LogP contribution is 2.30.